The highest BCUT2D eigenvalue weighted by atomic mass is 16.6. The van der Waals surface area contributed by atoms with Gasteiger partial charge in [0, 0.05) is 12.6 Å². The predicted molar refractivity (Wildman–Crippen MR) is 116 cm³/mol. The summed E-state index contributed by atoms with van der Waals surface area (Å²) in [5, 5.41) is 10.9. The number of carbonyl (C=O) groups is 2. The molecule has 0 spiro atoms. The largest absolute Gasteiger partial charge is 0.462 e. The summed E-state index contributed by atoms with van der Waals surface area (Å²) in [7, 11) is 0. The van der Waals surface area contributed by atoms with E-state index in [-0.39, 0.29) is 18.1 Å². The minimum absolute atomic E-state index is 0.217. The van der Waals surface area contributed by atoms with Gasteiger partial charge in [0.25, 0.3) is 0 Å². The summed E-state index contributed by atoms with van der Waals surface area (Å²) in [5.74, 6) is -1.53. The van der Waals surface area contributed by atoms with Gasteiger partial charge in [0.2, 0.25) is 0 Å². The van der Waals surface area contributed by atoms with Gasteiger partial charge < -0.3 is 14.6 Å². The molecule has 0 aromatic heterocycles. The summed E-state index contributed by atoms with van der Waals surface area (Å²) in [6.07, 6.45) is 0.947. The normalized spacial score (nSPS) is 21.5. The van der Waals surface area contributed by atoms with Crippen molar-refractivity contribution in [3.05, 3.63) is 35.9 Å². The zero-order valence-corrected chi connectivity index (χ0v) is 19.3. The SMILES string of the molecule is CC(C)OC(=O)[C@@H]1CC[C@H]([C@H](C(=O)OC(C)(C)C)C(C)(C)O)N1Cc1ccccc1. The van der Waals surface area contributed by atoms with Crippen LogP contribution in [0.5, 0.6) is 0 Å². The first kappa shape index (κ1) is 24.4. The Morgan fingerprint density at radius 3 is 2.20 bits per heavy atom. The first-order valence-electron chi connectivity index (χ1n) is 10.7. The van der Waals surface area contributed by atoms with E-state index in [9.17, 15) is 14.7 Å². The van der Waals surface area contributed by atoms with Gasteiger partial charge in [-0.2, -0.15) is 0 Å². The van der Waals surface area contributed by atoms with Gasteiger partial charge in [-0.05, 0) is 66.9 Å². The number of hydrogen-bond donors (Lipinski definition) is 1. The Bertz CT molecular complexity index is 717. The quantitative estimate of drug-likeness (QED) is 0.679. The van der Waals surface area contributed by atoms with E-state index in [1.54, 1.807) is 13.8 Å². The maximum absolute atomic E-state index is 13.1. The Morgan fingerprint density at radius 1 is 1.10 bits per heavy atom. The lowest BCUT2D eigenvalue weighted by molar-refractivity contribution is -0.174. The molecule has 1 aromatic carbocycles. The third-order valence-electron chi connectivity index (χ3n) is 5.20. The molecule has 0 unspecified atom stereocenters. The van der Waals surface area contributed by atoms with Crippen molar-refractivity contribution in [1.29, 1.82) is 0 Å². The number of rotatable bonds is 7. The number of hydrogen-bond acceptors (Lipinski definition) is 6. The minimum atomic E-state index is -1.31. The first-order valence-corrected chi connectivity index (χ1v) is 10.7. The van der Waals surface area contributed by atoms with Crippen LogP contribution in [0.1, 0.15) is 66.9 Å². The van der Waals surface area contributed by atoms with Gasteiger partial charge in [-0.25, -0.2) is 0 Å². The molecule has 1 fully saturated rings. The van der Waals surface area contributed by atoms with Crippen molar-refractivity contribution >= 4 is 11.9 Å². The fourth-order valence-corrected chi connectivity index (χ4v) is 4.12. The van der Waals surface area contributed by atoms with Crippen molar-refractivity contribution in [3.8, 4) is 0 Å². The van der Waals surface area contributed by atoms with Crippen molar-refractivity contribution in [2.24, 2.45) is 5.92 Å². The van der Waals surface area contributed by atoms with Gasteiger partial charge >= 0.3 is 11.9 Å². The first-order chi connectivity index (χ1) is 13.8. The molecule has 0 aliphatic carbocycles. The number of carbonyl (C=O) groups excluding carboxylic acids is 2. The van der Waals surface area contributed by atoms with E-state index in [1.807, 2.05) is 69.9 Å². The molecule has 1 N–H and O–H groups in total. The number of ether oxygens (including phenoxy) is 2. The Balaban J connectivity index is 2.39. The molecule has 0 saturated carbocycles. The molecule has 1 saturated heterocycles. The smallest absolute Gasteiger partial charge is 0.323 e. The van der Waals surface area contributed by atoms with Crippen LogP contribution in [0.4, 0.5) is 0 Å². The van der Waals surface area contributed by atoms with E-state index in [0.29, 0.717) is 19.4 Å². The van der Waals surface area contributed by atoms with Crippen molar-refractivity contribution in [1.82, 2.24) is 4.90 Å². The monoisotopic (exact) mass is 419 g/mol. The van der Waals surface area contributed by atoms with Gasteiger partial charge in [-0.1, -0.05) is 30.3 Å². The summed E-state index contributed by atoms with van der Waals surface area (Å²) in [4.78, 5) is 28.0. The third kappa shape index (κ3) is 6.54. The molecule has 0 bridgehead atoms. The van der Waals surface area contributed by atoms with E-state index in [1.165, 1.54) is 0 Å². The Morgan fingerprint density at radius 2 is 1.70 bits per heavy atom. The number of aliphatic hydroxyl groups is 1. The average Bonchev–Trinajstić information content (AvgIpc) is 2.95. The maximum atomic E-state index is 13.1. The van der Waals surface area contributed by atoms with Crippen LogP contribution >= 0.6 is 0 Å². The molecule has 1 aliphatic rings. The van der Waals surface area contributed by atoms with E-state index in [0.717, 1.165) is 5.56 Å². The predicted octanol–water partition coefficient (Wildman–Crippen LogP) is 3.70. The summed E-state index contributed by atoms with van der Waals surface area (Å²) in [5.41, 5.74) is -0.941. The van der Waals surface area contributed by atoms with Crippen LogP contribution in [0.25, 0.3) is 0 Å². The molecule has 3 atom stereocenters. The molecule has 6 nitrogen and oxygen atoms in total. The van der Waals surface area contributed by atoms with Gasteiger partial charge in [0.1, 0.15) is 17.6 Å². The average molecular weight is 420 g/mol. The van der Waals surface area contributed by atoms with Crippen LogP contribution in [0, 0.1) is 5.92 Å². The number of benzene rings is 1. The van der Waals surface area contributed by atoms with E-state index in [2.05, 4.69) is 0 Å². The molecule has 1 aliphatic heterocycles. The second kappa shape index (κ2) is 9.48. The molecule has 0 amide bonds. The molecular weight excluding hydrogens is 382 g/mol. The van der Waals surface area contributed by atoms with Gasteiger partial charge in [-0.15, -0.1) is 0 Å². The zero-order chi connectivity index (χ0) is 22.7. The zero-order valence-electron chi connectivity index (χ0n) is 19.3. The van der Waals surface area contributed by atoms with Crippen LogP contribution in [0.3, 0.4) is 0 Å². The van der Waals surface area contributed by atoms with Crippen molar-refractivity contribution < 1.29 is 24.2 Å². The second-order valence-electron chi connectivity index (χ2n) is 9.97. The molecule has 1 heterocycles. The number of nitrogens with zero attached hydrogens (tertiary/aromatic N) is 1. The van der Waals surface area contributed by atoms with Gasteiger partial charge in [0.05, 0.1) is 11.7 Å². The van der Waals surface area contributed by atoms with Crippen LogP contribution < -0.4 is 0 Å². The lowest BCUT2D eigenvalue weighted by Gasteiger charge is -2.39. The summed E-state index contributed by atoms with van der Waals surface area (Å²) >= 11 is 0. The molecule has 2 rings (SSSR count). The van der Waals surface area contributed by atoms with Crippen LogP contribution in [-0.2, 0) is 25.6 Å². The fraction of sp³-hybridized carbons (Fsp3) is 0.667. The van der Waals surface area contributed by atoms with Crippen molar-refractivity contribution in [3.63, 3.8) is 0 Å². The second-order valence-corrected chi connectivity index (χ2v) is 9.97. The van der Waals surface area contributed by atoms with Gasteiger partial charge in [-0.3, -0.25) is 14.5 Å². The van der Waals surface area contributed by atoms with E-state index in [4.69, 9.17) is 9.47 Å². The molecule has 168 valence electrons. The number of esters is 2. The maximum Gasteiger partial charge on any atom is 0.323 e. The highest BCUT2D eigenvalue weighted by Gasteiger charge is 2.50. The molecule has 6 heteroatoms. The summed E-state index contributed by atoms with van der Waals surface area (Å²) < 4.78 is 11.2. The topological polar surface area (TPSA) is 76.1 Å². The highest BCUT2D eigenvalue weighted by Crippen LogP contribution is 2.37. The molecule has 1 aromatic rings. The lowest BCUT2D eigenvalue weighted by Crippen LogP contribution is -2.53. The standard InChI is InChI=1S/C24H37NO5/c1-16(2)29-21(26)19-14-13-18(25(19)15-17-11-9-8-10-12-17)20(24(6,7)28)22(27)30-23(3,4)5/h8-12,16,18-20,28H,13-15H2,1-7H3/t18-,19+,20-/m1/s1. The summed E-state index contributed by atoms with van der Waals surface area (Å²) in [6, 6.07) is 9.01. The molecule has 0 radical (unpaired) electrons. The van der Waals surface area contributed by atoms with Crippen molar-refractivity contribution in [2.75, 3.05) is 0 Å². The van der Waals surface area contributed by atoms with Crippen LogP contribution in [0.15, 0.2) is 30.3 Å². The third-order valence-corrected chi connectivity index (χ3v) is 5.20. The van der Waals surface area contributed by atoms with Crippen molar-refractivity contribution in [2.45, 2.75) is 97.2 Å². The van der Waals surface area contributed by atoms with E-state index < -0.39 is 29.1 Å². The fourth-order valence-electron chi connectivity index (χ4n) is 4.12. The van der Waals surface area contributed by atoms with E-state index >= 15 is 0 Å². The Hall–Kier alpha value is -1.92. The number of likely N-dealkylation sites (tertiary alicyclic amines) is 1. The van der Waals surface area contributed by atoms with Crippen LogP contribution in [0.2, 0.25) is 0 Å². The highest BCUT2D eigenvalue weighted by molar-refractivity contribution is 5.78. The summed E-state index contributed by atoms with van der Waals surface area (Å²) in [6.45, 7) is 12.8. The van der Waals surface area contributed by atoms with Crippen LogP contribution in [-0.4, -0.2) is 51.3 Å². The van der Waals surface area contributed by atoms with Gasteiger partial charge in [0.15, 0.2) is 0 Å². The lowest BCUT2D eigenvalue weighted by atomic mass is 9.83. The minimum Gasteiger partial charge on any atom is -0.462 e. The Labute approximate surface area is 180 Å². The molecule has 30 heavy (non-hydrogen) atoms. The molecular formula is C24H37NO5. The Kier molecular flexibility index (Phi) is 7.69.